The van der Waals surface area contributed by atoms with E-state index >= 15 is 0 Å². The molecule has 2 heterocycles. The lowest BCUT2D eigenvalue weighted by Crippen LogP contribution is -2.16. The van der Waals surface area contributed by atoms with Gasteiger partial charge in [-0.1, -0.05) is 25.6 Å². The summed E-state index contributed by atoms with van der Waals surface area (Å²) >= 11 is 1.60. The van der Waals surface area contributed by atoms with E-state index in [1.807, 2.05) is 12.1 Å². The van der Waals surface area contributed by atoms with E-state index in [1.165, 1.54) is 0 Å². The Morgan fingerprint density at radius 2 is 2.06 bits per heavy atom. The minimum Gasteiger partial charge on any atom is -0.254 e. The molecular formula is C13H12N2SSi. The topological polar surface area (TPSA) is 36.7 Å². The zero-order chi connectivity index (χ0) is 12.5. The van der Waals surface area contributed by atoms with Crippen molar-refractivity contribution in [1.82, 2.24) is 4.98 Å². The van der Waals surface area contributed by atoms with Gasteiger partial charge in [0.15, 0.2) is 0 Å². The minimum atomic E-state index is -1.33. The fourth-order valence-corrected chi connectivity index (χ4v) is 2.80. The molecule has 0 spiro atoms. The Morgan fingerprint density at radius 1 is 1.29 bits per heavy atom. The van der Waals surface area contributed by atoms with Gasteiger partial charge in [0, 0.05) is 6.20 Å². The van der Waals surface area contributed by atoms with Crippen LogP contribution >= 0.6 is 11.3 Å². The van der Waals surface area contributed by atoms with Crippen LogP contribution in [0.4, 0.5) is 0 Å². The van der Waals surface area contributed by atoms with Crippen molar-refractivity contribution in [1.29, 1.82) is 5.26 Å². The maximum Gasteiger partial charge on any atom is 0.129 e. The predicted molar refractivity (Wildman–Crippen MR) is 74.6 cm³/mol. The van der Waals surface area contributed by atoms with Gasteiger partial charge in [0.2, 0.25) is 0 Å². The van der Waals surface area contributed by atoms with Crippen LogP contribution in [-0.2, 0) is 0 Å². The molecule has 4 heteroatoms. The average Bonchev–Trinajstić information content (AvgIpc) is 2.66. The maximum absolute atomic E-state index is 8.81. The highest BCUT2D eigenvalue weighted by Crippen LogP contribution is 2.24. The summed E-state index contributed by atoms with van der Waals surface area (Å²) in [6, 6.07) is 5.96. The SMILES string of the molecule is C[Si](C)(C)C#Cc1cc2ncc(C#N)cc2s1. The zero-order valence-electron chi connectivity index (χ0n) is 10.0. The van der Waals surface area contributed by atoms with E-state index in [-0.39, 0.29) is 0 Å². The van der Waals surface area contributed by atoms with Crippen molar-refractivity contribution in [3.05, 3.63) is 28.8 Å². The molecule has 2 aromatic rings. The highest BCUT2D eigenvalue weighted by molar-refractivity contribution is 7.19. The van der Waals surface area contributed by atoms with Crippen LogP contribution in [0.1, 0.15) is 10.4 Å². The second-order valence-corrected chi connectivity index (χ2v) is 10.7. The van der Waals surface area contributed by atoms with Crippen LogP contribution in [0.2, 0.25) is 19.6 Å². The third kappa shape index (κ3) is 2.94. The van der Waals surface area contributed by atoms with E-state index in [0.717, 1.165) is 15.1 Å². The summed E-state index contributed by atoms with van der Waals surface area (Å²) in [7, 11) is -1.33. The molecule has 0 unspecified atom stereocenters. The molecule has 2 nitrogen and oxygen atoms in total. The average molecular weight is 256 g/mol. The molecule has 0 aliphatic rings. The van der Waals surface area contributed by atoms with Crippen molar-refractivity contribution in [3.8, 4) is 17.5 Å². The Kier molecular flexibility index (Phi) is 3.02. The van der Waals surface area contributed by atoms with Gasteiger partial charge >= 0.3 is 0 Å². The van der Waals surface area contributed by atoms with E-state index in [1.54, 1.807) is 17.5 Å². The summed E-state index contributed by atoms with van der Waals surface area (Å²) < 4.78 is 1.03. The van der Waals surface area contributed by atoms with Crippen molar-refractivity contribution < 1.29 is 0 Å². The summed E-state index contributed by atoms with van der Waals surface area (Å²) in [5.41, 5.74) is 4.86. The number of pyridine rings is 1. The van der Waals surface area contributed by atoms with Crippen LogP contribution in [0.3, 0.4) is 0 Å². The van der Waals surface area contributed by atoms with E-state index in [9.17, 15) is 0 Å². The number of thiophene rings is 1. The highest BCUT2D eigenvalue weighted by Gasteiger charge is 2.08. The summed E-state index contributed by atoms with van der Waals surface area (Å²) in [5.74, 6) is 3.22. The summed E-state index contributed by atoms with van der Waals surface area (Å²) in [5, 5.41) is 8.81. The van der Waals surface area contributed by atoms with Gasteiger partial charge in [-0.05, 0) is 12.1 Å². The number of hydrogen-bond donors (Lipinski definition) is 0. The fraction of sp³-hybridized carbons (Fsp3) is 0.231. The number of rotatable bonds is 0. The summed E-state index contributed by atoms with van der Waals surface area (Å²) in [6.45, 7) is 6.66. The Labute approximate surface area is 106 Å². The lowest BCUT2D eigenvalue weighted by Gasteiger charge is -2.02. The number of nitrogens with zero attached hydrogens (tertiary/aromatic N) is 2. The Bertz CT molecular complexity index is 663. The van der Waals surface area contributed by atoms with Gasteiger partial charge in [-0.15, -0.1) is 16.9 Å². The second-order valence-electron chi connectivity index (χ2n) is 4.83. The first-order valence-electron chi connectivity index (χ1n) is 5.31. The van der Waals surface area contributed by atoms with Gasteiger partial charge in [-0.25, -0.2) is 0 Å². The van der Waals surface area contributed by atoms with Gasteiger partial charge in [-0.2, -0.15) is 5.26 Å². The molecule has 0 atom stereocenters. The molecule has 0 saturated carbocycles. The maximum atomic E-state index is 8.81. The number of hydrogen-bond acceptors (Lipinski definition) is 3. The summed E-state index contributed by atoms with van der Waals surface area (Å²) in [4.78, 5) is 5.28. The molecule has 84 valence electrons. The third-order valence-corrected chi connectivity index (χ3v) is 3.92. The molecule has 0 aliphatic carbocycles. The van der Waals surface area contributed by atoms with Crippen molar-refractivity contribution >= 4 is 29.6 Å². The number of aromatic nitrogens is 1. The van der Waals surface area contributed by atoms with E-state index < -0.39 is 8.07 Å². The Morgan fingerprint density at radius 3 is 2.71 bits per heavy atom. The molecule has 2 rings (SSSR count). The third-order valence-electron chi connectivity index (χ3n) is 2.06. The Balaban J connectivity index is 2.45. The molecule has 2 aromatic heterocycles. The zero-order valence-corrected chi connectivity index (χ0v) is 11.9. The van der Waals surface area contributed by atoms with Crippen molar-refractivity contribution in [2.75, 3.05) is 0 Å². The van der Waals surface area contributed by atoms with Crippen LogP contribution in [0.25, 0.3) is 10.2 Å². The van der Waals surface area contributed by atoms with Crippen LogP contribution in [-0.4, -0.2) is 13.1 Å². The first-order chi connectivity index (χ1) is 7.98. The predicted octanol–water partition coefficient (Wildman–Crippen LogP) is 3.40. The molecule has 0 aliphatic heterocycles. The van der Waals surface area contributed by atoms with Gasteiger partial charge in [-0.3, -0.25) is 4.98 Å². The minimum absolute atomic E-state index is 0.601. The lowest BCUT2D eigenvalue weighted by atomic mass is 10.3. The van der Waals surface area contributed by atoms with Crippen LogP contribution in [0.15, 0.2) is 18.3 Å². The monoisotopic (exact) mass is 256 g/mol. The van der Waals surface area contributed by atoms with E-state index in [0.29, 0.717) is 5.56 Å². The Hall–Kier alpha value is -1.62. The number of fused-ring (bicyclic) bond motifs is 1. The highest BCUT2D eigenvalue weighted by atomic mass is 32.1. The van der Waals surface area contributed by atoms with E-state index in [4.69, 9.17) is 5.26 Å². The van der Waals surface area contributed by atoms with E-state index in [2.05, 4.69) is 42.2 Å². The van der Waals surface area contributed by atoms with Gasteiger partial charge in [0.05, 0.1) is 20.7 Å². The molecule has 0 amide bonds. The van der Waals surface area contributed by atoms with Gasteiger partial charge in [0.25, 0.3) is 0 Å². The van der Waals surface area contributed by atoms with Crippen LogP contribution < -0.4 is 0 Å². The quantitative estimate of drug-likeness (QED) is 0.535. The smallest absolute Gasteiger partial charge is 0.129 e. The molecule has 17 heavy (non-hydrogen) atoms. The van der Waals surface area contributed by atoms with Crippen LogP contribution in [0, 0.1) is 22.8 Å². The first kappa shape index (κ1) is 11.9. The summed E-state index contributed by atoms with van der Waals surface area (Å²) in [6.07, 6.45) is 1.60. The lowest BCUT2D eigenvalue weighted by molar-refractivity contribution is 1.38. The number of nitriles is 1. The van der Waals surface area contributed by atoms with Crippen LogP contribution in [0.5, 0.6) is 0 Å². The van der Waals surface area contributed by atoms with Crippen molar-refractivity contribution in [2.45, 2.75) is 19.6 Å². The van der Waals surface area contributed by atoms with Crippen molar-refractivity contribution in [3.63, 3.8) is 0 Å². The van der Waals surface area contributed by atoms with Gasteiger partial charge in [0.1, 0.15) is 14.1 Å². The first-order valence-corrected chi connectivity index (χ1v) is 9.62. The molecular weight excluding hydrogens is 244 g/mol. The molecule has 0 saturated heterocycles. The standard InChI is InChI=1S/C13H12N2SSi/c1-17(2,3)5-4-11-7-12-13(16-11)6-10(8-14)9-15-12/h6-7,9H,1-3H3. The molecule has 0 N–H and O–H groups in total. The van der Waals surface area contributed by atoms with Gasteiger partial charge < -0.3 is 0 Å². The molecule has 0 bridgehead atoms. The fourth-order valence-electron chi connectivity index (χ4n) is 1.29. The second kappa shape index (κ2) is 4.33. The molecule has 0 fully saturated rings. The normalized spacial score (nSPS) is 10.7. The molecule has 0 radical (unpaired) electrons. The largest absolute Gasteiger partial charge is 0.254 e. The van der Waals surface area contributed by atoms with Crippen molar-refractivity contribution in [2.24, 2.45) is 0 Å². The molecule has 0 aromatic carbocycles.